The third kappa shape index (κ3) is 2.93. The maximum absolute atomic E-state index is 11.6. The molecule has 3 nitrogen and oxygen atoms in total. The van der Waals surface area contributed by atoms with E-state index in [1.54, 1.807) is 17.4 Å². The lowest BCUT2D eigenvalue weighted by molar-refractivity contribution is 0.238. The molecular formula is C14H20N2OS. The van der Waals surface area contributed by atoms with Gasteiger partial charge in [0.25, 0.3) is 0 Å². The van der Waals surface area contributed by atoms with E-state index >= 15 is 0 Å². The number of rotatable bonds is 5. The van der Waals surface area contributed by atoms with Gasteiger partial charge >= 0.3 is 6.03 Å². The van der Waals surface area contributed by atoms with Crippen LogP contribution in [0.2, 0.25) is 0 Å². The summed E-state index contributed by atoms with van der Waals surface area (Å²) in [6.07, 6.45) is 6.55. The zero-order valence-electron chi connectivity index (χ0n) is 10.6. The Morgan fingerprint density at radius 2 is 2.22 bits per heavy atom. The fourth-order valence-corrected chi connectivity index (χ4v) is 3.61. The molecular weight excluding hydrogens is 244 g/mol. The molecule has 1 aliphatic rings. The first-order valence-corrected chi connectivity index (χ1v) is 7.31. The molecule has 4 heteroatoms. The quantitative estimate of drug-likeness (QED) is 0.789. The predicted octanol–water partition coefficient (Wildman–Crippen LogP) is 3.05. The average molecular weight is 264 g/mol. The third-order valence-electron chi connectivity index (χ3n) is 3.60. The fourth-order valence-electron chi connectivity index (χ4n) is 2.62. The number of urea groups is 1. The molecule has 2 amide bonds. The van der Waals surface area contributed by atoms with Crippen molar-refractivity contribution in [2.24, 2.45) is 0 Å². The van der Waals surface area contributed by atoms with Gasteiger partial charge in [0, 0.05) is 23.4 Å². The lowest BCUT2D eigenvalue weighted by Gasteiger charge is -2.28. The van der Waals surface area contributed by atoms with Crippen LogP contribution in [0.15, 0.2) is 30.2 Å². The Morgan fingerprint density at radius 1 is 1.44 bits per heavy atom. The van der Waals surface area contributed by atoms with E-state index in [9.17, 15) is 4.79 Å². The normalized spacial score (nSPS) is 17.3. The molecule has 0 bridgehead atoms. The minimum absolute atomic E-state index is 0.0993. The summed E-state index contributed by atoms with van der Waals surface area (Å²) in [7, 11) is 0. The van der Waals surface area contributed by atoms with Crippen molar-refractivity contribution in [1.29, 1.82) is 0 Å². The Balaban J connectivity index is 1.95. The molecule has 0 unspecified atom stereocenters. The number of carbonyl (C=O) groups is 1. The van der Waals surface area contributed by atoms with Crippen LogP contribution in [0.3, 0.4) is 0 Å². The van der Waals surface area contributed by atoms with Crippen LogP contribution in [0.25, 0.3) is 0 Å². The van der Waals surface area contributed by atoms with Crippen LogP contribution in [0.4, 0.5) is 4.79 Å². The van der Waals surface area contributed by atoms with Crippen LogP contribution < -0.4 is 10.6 Å². The molecule has 2 N–H and O–H groups in total. The summed E-state index contributed by atoms with van der Waals surface area (Å²) in [6, 6.07) is 4.19. The van der Waals surface area contributed by atoms with E-state index in [-0.39, 0.29) is 11.4 Å². The summed E-state index contributed by atoms with van der Waals surface area (Å²) in [5.74, 6) is 0. The van der Waals surface area contributed by atoms with E-state index in [0.29, 0.717) is 6.54 Å². The first kappa shape index (κ1) is 13.1. The first-order chi connectivity index (χ1) is 8.77. The molecule has 0 saturated heterocycles. The highest BCUT2D eigenvalue weighted by atomic mass is 32.1. The second-order valence-electron chi connectivity index (χ2n) is 4.82. The highest BCUT2D eigenvalue weighted by molar-refractivity contribution is 7.10. The SMILES string of the molecule is C=CCNC(=O)NCC1(c2cccs2)CCCC1. The van der Waals surface area contributed by atoms with E-state index in [1.807, 2.05) is 0 Å². The predicted molar refractivity (Wildman–Crippen MR) is 76.1 cm³/mol. The van der Waals surface area contributed by atoms with Crippen LogP contribution in [0.1, 0.15) is 30.6 Å². The molecule has 1 aliphatic carbocycles. The van der Waals surface area contributed by atoms with Crippen LogP contribution in [-0.2, 0) is 5.41 Å². The van der Waals surface area contributed by atoms with Gasteiger partial charge in [-0.1, -0.05) is 25.0 Å². The molecule has 0 spiro atoms. The molecule has 1 fully saturated rings. The standard InChI is InChI=1S/C14H20N2OS/c1-2-9-15-13(17)16-11-14(7-3-4-8-14)12-6-5-10-18-12/h2,5-6,10H,1,3-4,7-9,11H2,(H2,15,16,17). The number of nitrogens with one attached hydrogen (secondary N) is 2. The van der Waals surface area contributed by atoms with Crippen molar-refractivity contribution in [3.63, 3.8) is 0 Å². The second-order valence-corrected chi connectivity index (χ2v) is 5.76. The van der Waals surface area contributed by atoms with Crippen molar-refractivity contribution in [3.05, 3.63) is 35.0 Å². The summed E-state index contributed by atoms with van der Waals surface area (Å²) >= 11 is 1.80. The molecule has 1 heterocycles. The maximum atomic E-state index is 11.6. The van der Waals surface area contributed by atoms with Crippen LogP contribution >= 0.6 is 11.3 Å². The Bertz CT molecular complexity index is 394. The molecule has 0 aliphatic heterocycles. The zero-order valence-corrected chi connectivity index (χ0v) is 11.4. The highest BCUT2D eigenvalue weighted by Gasteiger charge is 2.36. The summed E-state index contributed by atoms with van der Waals surface area (Å²) in [6.45, 7) is 4.83. The van der Waals surface area contributed by atoms with E-state index in [1.165, 1.54) is 30.6 Å². The smallest absolute Gasteiger partial charge is 0.315 e. The van der Waals surface area contributed by atoms with Crippen molar-refractivity contribution in [3.8, 4) is 0 Å². The van der Waals surface area contributed by atoms with Crippen molar-refractivity contribution >= 4 is 17.4 Å². The van der Waals surface area contributed by atoms with E-state index < -0.39 is 0 Å². The topological polar surface area (TPSA) is 41.1 Å². The summed E-state index contributed by atoms with van der Waals surface area (Å²) < 4.78 is 0. The van der Waals surface area contributed by atoms with Crippen LogP contribution in [0, 0.1) is 0 Å². The second kappa shape index (κ2) is 6.05. The lowest BCUT2D eigenvalue weighted by Crippen LogP contribution is -2.43. The number of hydrogen-bond donors (Lipinski definition) is 2. The Kier molecular flexibility index (Phi) is 4.42. The van der Waals surface area contributed by atoms with Gasteiger partial charge in [0.15, 0.2) is 0 Å². The Hall–Kier alpha value is -1.29. The molecule has 1 aromatic heterocycles. The zero-order chi connectivity index (χ0) is 12.8. The number of thiophene rings is 1. The largest absolute Gasteiger partial charge is 0.337 e. The van der Waals surface area contributed by atoms with Gasteiger partial charge in [-0.15, -0.1) is 17.9 Å². The van der Waals surface area contributed by atoms with Gasteiger partial charge in [-0.3, -0.25) is 0 Å². The summed E-state index contributed by atoms with van der Waals surface area (Å²) in [5, 5.41) is 7.87. The van der Waals surface area contributed by atoms with Gasteiger partial charge in [0.1, 0.15) is 0 Å². The number of hydrogen-bond acceptors (Lipinski definition) is 2. The first-order valence-electron chi connectivity index (χ1n) is 6.43. The molecule has 98 valence electrons. The monoisotopic (exact) mass is 264 g/mol. The van der Waals surface area contributed by atoms with Crippen molar-refractivity contribution in [2.45, 2.75) is 31.1 Å². The number of carbonyl (C=O) groups excluding carboxylic acids is 1. The van der Waals surface area contributed by atoms with Gasteiger partial charge in [-0.25, -0.2) is 4.79 Å². The summed E-state index contributed by atoms with van der Waals surface area (Å²) in [5.41, 5.74) is 0.166. The van der Waals surface area contributed by atoms with Crippen molar-refractivity contribution in [1.82, 2.24) is 10.6 Å². The molecule has 0 aromatic carbocycles. The van der Waals surface area contributed by atoms with Gasteiger partial charge in [-0.05, 0) is 24.3 Å². The van der Waals surface area contributed by atoms with Crippen molar-refractivity contribution < 1.29 is 4.79 Å². The summed E-state index contributed by atoms with van der Waals surface area (Å²) in [4.78, 5) is 13.0. The highest BCUT2D eigenvalue weighted by Crippen LogP contribution is 2.42. The van der Waals surface area contributed by atoms with Gasteiger partial charge in [0.05, 0.1) is 0 Å². The molecule has 2 rings (SSSR count). The van der Waals surface area contributed by atoms with Crippen LogP contribution in [-0.4, -0.2) is 19.1 Å². The van der Waals surface area contributed by atoms with Gasteiger partial charge in [0.2, 0.25) is 0 Å². The molecule has 0 radical (unpaired) electrons. The number of amides is 2. The van der Waals surface area contributed by atoms with E-state index in [0.717, 1.165) is 6.54 Å². The maximum Gasteiger partial charge on any atom is 0.315 e. The van der Waals surface area contributed by atoms with Crippen LogP contribution in [0.5, 0.6) is 0 Å². The van der Waals surface area contributed by atoms with Gasteiger partial charge in [-0.2, -0.15) is 0 Å². The minimum Gasteiger partial charge on any atom is -0.337 e. The molecule has 1 aromatic rings. The molecule has 18 heavy (non-hydrogen) atoms. The third-order valence-corrected chi connectivity index (χ3v) is 4.72. The fraction of sp³-hybridized carbons (Fsp3) is 0.500. The Labute approximate surface area is 112 Å². The van der Waals surface area contributed by atoms with E-state index in [2.05, 4.69) is 34.7 Å². The lowest BCUT2D eigenvalue weighted by atomic mass is 9.84. The average Bonchev–Trinajstić information content (AvgIpc) is 3.04. The minimum atomic E-state index is -0.0993. The van der Waals surface area contributed by atoms with Crippen molar-refractivity contribution in [2.75, 3.05) is 13.1 Å². The Morgan fingerprint density at radius 3 is 2.83 bits per heavy atom. The molecule has 0 atom stereocenters. The van der Waals surface area contributed by atoms with Gasteiger partial charge < -0.3 is 10.6 Å². The molecule has 1 saturated carbocycles. The van der Waals surface area contributed by atoms with E-state index in [4.69, 9.17) is 0 Å².